The minimum atomic E-state index is 0.311. The lowest BCUT2D eigenvalue weighted by Gasteiger charge is -2.15. The summed E-state index contributed by atoms with van der Waals surface area (Å²) < 4.78 is 18.2. The van der Waals surface area contributed by atoms with Crippen LogP contribution in [0.15, 0.2) is 97.1 Å². The van der Waals surface area contributed by atoms with Gasteiger partial charge in [0.2, 0.25) is 0 Å². The number of phenols is 1. The molecule has 1 N–H and O–H groups in total. The van der Waals surface area contributed by atoms with Gasteiger partial charge in [0.25, 0.3) is 0 Å². The lowest BCUT2D eigenvalue weighted by atomic mass is 9.91. The molecule has 0 aromatic heterocycles. The number of hydrogen-bond donors (Lipinski definition) is 1. The first-order chi connectivity index (χ1) is 37.4. The molecule has 0 heterocycles. The van der Waals surface area contributed by atoms with Gasteiger partial charge in [0.15, 0.2) is 0 Å². The number of rotatable bonds is 44. The smallest absolute Gasteiger partial charge is 0.119 e. The molecule has 76 heavy (non-hydrogen) atoms. The van der Waals surface area contributed by atoms with Crippen molar-refractivity contribution in [1.82, 2.24) is 0 Å². The van der Waals surface area contributed by atoms with Crippen molar-refractivity contribution in [1.29, 1.82) is 0 Å². The van der Waals surface area contributed by atoms with E-state index < -0.39 is 0 Å². The van der Waals surface area contributed by atoms with Gasteiger partial charge in [0, 0.05) is 0 Å². The van der Waals surface area contributed by atoms with Gasteiger partial charge in [0.1, 0.15) is 23.0 Å². The highest BCUT2D eigenvalue weighted by Gasteiger charge is 2.12. The van der Waals surface area contributed by atoms with E-state index in [0.717, 1.165) is 82.0 Å². The molecule has 0 saturated carbocycles. The van der Waals surface area contributed by atoms with E-state index >= 15 is 0 Å². The Morgan fingerprint density at radius 1 is 0.250 bits per heavy atom. The molecule has 0 bridgehead atoms. The van der Waals surface area contributed by atoms with Crippen LogP contribution in [-0.2, 0) is 0 Å². The third kappa shape index (κ3) is 28.8. The molecule has 0 aliphatic rings. The van der Waals surface area contributed by atoms with Gasteiger partial charge in [-0.2, -0.15) is 0 Å². The van der Waals surface area contributed by atoms with Crippen LogP contribution in [0.25, 0.3) is 22.3 Å². The summed E-state index contributed by atoms with van der Waals surface area (Å²) in [5.41, 5.74) is 10.6. The molecule has 4 heteroatoms. The summed E-state index contributed by atoms with van der Waals surface area (Å²) in [6, 6.07) is 33.7. The monoisotopic (exact) mass is 1040 g/mol. The van der Waals surface area contributed by atoms with Crippen molar-refractivity contribution in [3.63, 3.8) is 0 Å². The van der Waals surface area contributed by atoms with E-state index in [-0.39, 0.29) is 0 Å². The van der Waals surface area contributed by atoms with Crippen molar-refractivity contribution < 1.29 is 19.3 Å². The molecule has 0 radical (unpaired) electrons. The Balaban J connectivity index is 0.000000420. The van der Waals surface area contributed by atoms with Gasteiger partial charge in [0.05, 0.1) is 19.8 Å². The van der Waals surface area contributed by atoms with Gasteiger partial charge >= 0.3 is 0 Å². The fourth-order valence-corrected chi connectivity index (χ4v) is 10.6. The first-order valence-electron chi connectivity index (χ1n) is 31.9. The van der Waals surface area contributed by atoms with Crippen molar-refractivity contribution in [2.24, 2.45) is 0 Å². The average molecular weight is 1040 g/mol. The van der Waals surface area contributed by atoms with Gasteiger partial charge in [-0.3, -0.25) is 0 Å². The number of aromatic hydroxyl groups is 1. The summed E-state index contributed by atoms with van der Waals surface area (Å²) in [6.07, 6.45) is 44.5. The first-order valence-corrected chi connectivity index (χ1v) is 31.9. The van der Waals surface area contributed by atoms with Gasteiger partial charge < -0.3 is 19.3 Å². The molecule has 0 unspecified atom stereocenters. The van der Waals surface area contributed by atoms with Crippen molar-refractivity contribution in [3.8, 4) is 23.0 Å². The zero-order valence-corrected chi connectivity index (χ0v) is 50.1. The molecular formula is C72H112O4. The number of hydrogen-bond acceptors (Lipinski definition) is 4. The molecular weight excluding hydrogens is 929 g/mol. The van der Waals surface area contributed by atoms with Crippen LogP contribution in [0.4, 0.5) is 0 Å². The predicted octanol–water partition coefficient (Wildman–Crippen LogP) is 23.4. The molecule has 0 amide bonds. The average Bonchev–Trinajstić information content (AvgIpc) is 3.45. The minimum Gasteiger partial charge on any atom is -0.508 e. The van der Waals surface area contributed by atoms with Crippen molar-refractivity contribution in [2.75, 3.05) is 19.8 Å². The maximum absolute atomic E-state index is 9.60. The van der Waals surface area contributed by atoms with Crippen molar-refractivity contribution in [3.05, 3.63) is 119 Å². The number of benzene rings is 4. The largest absolute Gasteiger partial charge is 0.508 e. The Morgan fingerprint density at radius 2 is 0.434 bits per heavy atom. The molecule has 0 aliphatic heterocycles. The van der Waals surface area contributed by atoms with E-state index in [1.54, 1.807) is 12.1 Å². The summed E-state index contributed by atoms with van der Waals surface area (Å²) >= 11 is 0. The van der Waals surface area contributed by atoms with Gasteiger partial charge in [-0.15, -0.1) is 0 Å². The van der Waals surface area contributed by atoms with Crippen LogP contribution in [0.3, 0.4) is 0 Å². The first kappa shape index (κ1) is 65.8. The Labute approximate surface area is 468 Å². The van der Waals surface area contributed by atoms with E-state index in [2.05, 4.69) is 121 Å². The summed E-state index contributed by atoms with van der Waals surface area (Å²) in [5.74, 6) is 3.25. The quantitative estimate of drug-likeness (QED) is 0.0354. The minimum absolute atomic E-state index is 0.311. The van der Waals surface area contributed by atoms with E-state index in [9.17, 15) is 5.11 Å². The van der Waals surface area contributed by atoms with Crippen molar-refractivity contribution >= 4 is 22.3 Å². The third-order valence-corrected chi connectivity index (χ3v) is 15.3. The van der Waals surface area contributed by atoms with Gasteiger partial charge in [-0.1, -0.05) is 270 Å². The van der Waals surface area contributed by atoms with E-state index in [0.29, 0.717) is 5.75 Å². The molecule has 0 aliphatic carbocycles. The molecule has 4 aromatic carbocycles. The fraction of sp³-hybridized carbons (Fsp3) is 0.611. The standard InChI is InChI=1S/C42H68O2.C30H44O2/c1-5-9-11-13-15-17-19-21-23-25-35-43-39-31-27-37(28-32-39)41(7-3)42(8-4)38-29-33-40(34-30-38)44-36-26-24-22-20-18-16-14-12-10-6-2;1-4-7-8-9-10-11-12-13-14-15-24-32-28-22-18-26(19-23-28)30(6-3)29(5-2)25-16-20-27(31)21-17-25/h27-34H,5-26,35-36H2,1-4H3;16-23,31H,4-15,24H2,1-3H3/b42-41+;30-29+. The summed E-state index contributed by atoms with van der Waals surface area (Å²) in [4.78, 5) is 0. The lowest BCUT2D eigenvalue weighted by molar-refractivity contribution is 0.304. The molecule has 0 fully saturated rings. The maximum atomic E-state index is 9.60. The second-order valence-electron chi connectivity index (χ2n) is 21.5. The van der Waals surface area contributed by atoms with Crippen molar-refractivity contribution in [2.45, 2.75) is 267 Å². The van der Waals surface area contributed by atoms with Crippen LogP contribution in [0, 0.1) is 0 Å². The summed E-state index contributed by atoms with van der Waals surface area (Å²) in [5, 5.41) is 9.60. The highest BCUT2D eigenvalue weighted by atomic mass is 16.5. The van der Waals surface area contributed by atoms with Crippen LogP contribution in [0.1, 0.15) is 289 Å². The number of allylic oxidation sites excluding steroid dienone is 4. The highest BCUT2D eigenvalue weighted by molar-refractivity contribution is 5.91. The number of phenolic OH excluding ortho intramolecular Hbond substituents is 1. The SMILES string of the molecule is CCCCCCCCCCCCOc1ccc(/C(CC)=C(\CC)c2ccc(O)cc2)cc1.CCCCCCCCCCCCOc1ccc(/C(CC)=C(\CC)c2ccc(OCCCCCCCCCCCC)cc2)cc1. The number of ether oxygens (including phenoxy) is 3. The van der Waals surface area contributed by atoms with Crippen LogP contribution in [0.5, 0.6) is 23.0 Å². The Bertz CT molecular complexity index is 1940. The predicted molar refractivity (Wildman–Crippen MR) is 334 cm³/mol. The Kier molecular flexibility index (Phi) is 38.6. The second-order valence-corrected chi connectivity index (χ2v) is 21.5. The van der Waals surface area contributed by atoms with E-state index in [1.165, 1.54) is 218 Å². The molecule has 4 aromatic rings. The van der Waals surface area contributed by atoms with Crippen LogP contribution in [-0.4, -0.2) is 24.9 Å². The van der Waals surface area contributed by atoms with Crippen LogP contribution >= 0.6 is 0 Å². The van der Waals surface area contributed by atoms with E-state index in [1.807, 2.05) is 12.1 Å². The molecule has 4 rings (SSSR count). The zero-order chi connectivity index (χ0) is 54.5. The van der Waals surface area contributed by atoms with E-state index in [4.69, 9.17) is 14.2 Å². The van der Waals surface area contributed by atoms with Crippen LogP contribution in [0.2, 0.25) is 0 Å². The maximum Gasteiger partial charge on any atom is 0.119 e. The Morgan fingerprint density at radius 3 is 0.632 bits per heavy atom. The number of unbranched alkanes of at least 4 members (excludes halogenated alkanes) is 27. The molecule has 0 atom stereocenters. The third-order valence-electron chi connectivity index (χ3n) is 15.3. The second kappa shape index (κ2) is 44.5. The fourth-order valence-electron chi connectivity index (χ4n) is 10.6. The topological polar surface area (TPSA) is 47.9 Å². The molecule has 424 valence electrons. The zero-order valence-electron chi connectivity index (χ0n) is 50.1. The molecule has 0 spiro atoms. The highest BCUT2D eigenvalue weighted by Crippen LogP contribution is 2.35. The van der Waals surface area contributed by atoms with Gasteiger partial charge in [-0.25, -0.2) is 0 Å². The lowest BCUT2D eigenvalue weighted by Crippen LogP contribution is -1.98. The molecule has 0 saturated heterocycles. The van der Waals surface area contributed by atoms with Crippen LogP contribution < -0.4 is 14.2 Å². The summed E-state index contributed by atoms with van der Waals surface area (Å²) in [7, 11) is 0. The van der Waals surface area contributed by atoms with Gasteiger partial charge in [-0.05, 0) is 138 Å². The normalized spacial score (nSPS) is 11.9. The Hall–Kier alpha value is -4.44. The summed E-state index contributed by atoms with van der Waals surface area (Å²) in [6.45, 7) is 18.2. The molecule has 4 nitrogen and oxygen atoms in total.